The van der Waals surface area contributed by atoms with Gasteiger partial charge in [-0.1, -0.05) is 18.2 Å². The molecule has 0 aliphatic carbocycles. The monoisotopic (exact) mass is 253 g/mol. The molecule has 100 valence electrons. The van der Waals surface area contributed by atoms with Gasteiger partial charge < -0.3 is 19.8 Å². The molecular formula is C13H19NO4. The first-order valence-electron chi connectivity index (χ1n) is 5.83. The second-order valence-corrected chi connectivity index (χ2v) is 3.90. The van der Waals surface area contributed by atoms with Gasteiger partial charge in [-0.3, -0.25) is 4.79 Å². The van der Waals surface area contributed by atoms with Gasteiger partial charge in [-0.25, -0.2) is 0 Å². The smallest absolute Gasteiger partial charge is 0.227 e. The fourth-order valence-corrected chi connectivity index (χ4v) is 1.62. The predicted molar refractivity (Wildman–Crippen MR) is 67.4 cm³/mol. The second-order valence-electron chi connectivity index (χ2n) is 3.90. The maximum Gasteiger partial charge on any atom is 0.227 e. The molecule has 0 saturated carbocycles. The summed E-state index contributed by atoms with van der Waals surface area (Å²) in [6, 6.07) is 6.74. The Morgan fingerprint density at radius 2 is 2.06 bits per heavy atom. The van der Waals surface area contributed by atoms with E-state index in [0.29, 0.717) is 18.7 Å². The number of phenols is 1. The van der Waals surface area contributed by atoms with Gasteiger partial charge in [0.05, 0.1) is 19.6 Å². The van der Waals surface area contributed by atoms with Crippen molar-refractivity contribution in [3.8, 4) is 5.75 Å². The normalized spacial score (nSPS) is 10.3. The van der Waals surface area contributed by atoms with Crippen LogP contribution < -0.4 is 0 Å². The van der Waals surface area contributed by atoms with Gasteiger partial charge in [0, 0.05) is 25.8 Å². The molecule has 2 N–H and O–H groups in total. The number of hydrogen-bond donors (Lipinski definition) is 2. The fourth-order valence-electron chi connectivity index (χ4n) is 1.62. The number of rotatable bonds is 7. The molecule has 0 aromatic heterocycles. The lowest BCUT2D eigenvalue weighted by atomic mass is 10.1. The first-order valence-corrected chi connectivity index (χ1v) is 5.83. The van der Waals surface area contributed by atoms with Crippen molar-refractivity contribution in [2.75, 3.05) is 33.4 Å². The molecule has 0 atom stereocenters. The van der Waals surface area contributed by atoms with Crippen LogP contribution in [-0.4, -0.2) is 54.4 Å². The number of carbonyl (C=O) groups excluding carboxylic acids is 1. The first-order chi connectivity index (χ1) is 8.69. The molecule has 0 heterocycles. The number of amides is 1. The molecule has 18 heavy (non-hydrogen) atoms. The van der Waals surface area contributed by atoms with Gasteiger partial charge in [0.2, 0.25) is 5.91 Å². The Kier molecular flexibility index (Phi) is 6.18. The van der Waals surface area contributed by atoms with Crippen LogP contribution in [-0.2, 0) is 16.0 Å². The van der Waals surface area contributed by atoms with Gasteiger partial charge in [0.15, 0.2) is 0 Å². The van der Waals surface area contributed by atoms with Crippen molar-refractivity contribution < 1.29 is 19.7 Å². The molecule has 1 rings (SSSR count). The molecule has 0 bridgehead atoms. The zero-order valence-electron chi connectivity index (χ0n) is 10.5. The number of carbonyl (C=O) groups is 1. The summed E-state index contributed by atoms with van der Waals surface area (Å²) >= 11 is 0. The van der Waals surface area contributed by atoms with Crippen LogP contribution in [0, 0.1) is 0 Å². The molecular weight excluding hydrogens is 234 g/mol. The summed E-state index contributed by atoms with van der Waals surface area (Å²) < 4.78 is 4.92. The fraction of sp³-hybridized carbons (Fsp3) is 0.462. The molecule has 0 aliphatic rings. The van der Waals surface area contributed by atoms with Crippen LogP contribution in [0.1, 0.15) is 5.56 Å². The molecule has 1 amide bonds. The van der Waals surface area contributed by atoms with Gasteiger partial charge in [0.1, 0.15) is 5.75 Å². The molecule has 0 aliphatic heterocycles. The van der Waals surface area contributed by atoms with Crippen LogP contribution >= 0.6 is 0 Å². The highest BCUT2D eigenvalue weighted by Crippen LogP contribution is 2.16. The number of nitrogens with zero attached hydrogens (tertiary/aromatic N) is 1. The standard InChI is InChI=1S/C13H19NO4/c1-18-9-7-14(6-8-15)13(17)10-11-4-2-3-5-12(11)16/h2-5,15-16H,6-10H2,1H3. The molecule has 0 spiro atoms. The van der Waals surface area contributed by atoms with Crippen molar-refractivity contribution in [1.29, 1.82) is 0 Å². The summed E-state index contributed by atoms with van der Waals surface area (Å²) in [4.78, 5) is 13.5. The molecule has 5 nitrogen and oxygen atoms in total. The third-order valence-electron chi connectivity index (χ3n) is 2.62. The molecule has 0 unspecified atom stereocenters. The summed E-state index contributed by atoms with van der Waals surface area (Å²) in [6.07, 6.45) is 0.121. The summed E-state index contributed by atoms with van der Waals surface area (Å²) in [5.74, 6) is -0.0239. The van der Waals surface area contributed by atoms with E-state index in [0.717, 1.165) is 0 Å². The maximum atomic E-state index is 12.0. The van der Waals surface area contributed by atoms with E-state index in [9.17, 15) is 9.90 Å². The lowest BCUT2D eigenvalue weighted by Gasteiger charge is -2.21. The number of phenolic OH excluding ortho intramolecular Hbond substituents is 1. The van der Waals surface area contributed by atoms with Gasteiger partial charge in [-0.15, -0.1) is 0 Å². The quantitative estimate of drug-likeness (QED) is 0.738. The van der Waals surface area contributed by atoms with E-state index in [2.05, 4.69) is 0 Å². The summed E-state index contributed by atoms with van der Waals surface area (Å²) in [7, 11) is 1.56. The highest BCUT2D eigenvalue weighted by atomic mass is 16.5. The molecule has 0 fully saturated rings. The SMILES string of the molecule is COCCN(CCO)C(=O)Cc1ccccc1O. The summed E-state index contributed by atoms with van der Waals surface area (Å²) in [5.41, 5.74) is 0.586. The Bertz CT molecular complexity index is 381. The Balaban J connectivity index is 2.63. The van der Waals surface area contributed by atoms with E-state index >= 15 is 0 Å². The number of methoxy groups -OCH3 is 1. The van der Waals surface area contributed by atoms with Crippen molar-refractivity contribution in [3.05, 3.63) is 29.8 Å². The Morgan fingerprint density at radius 1 is 1.33 bits per heavy atom. The topological polar surface area (TPSA) is 70.0 Å². The van der Waals surface area contributed by atoms with E-state index in [-0.39, 0.29) is 31.2 Å². The number of aromatic hydroxyl groups is 1. The molecule has 0 saturated heterocycles. The largest absolute Gasteiger partial charge is 0.508 e. The lowest BCUT2D eigenvalue weighted by molar-refractivity contribution is -0.131. The van der Waals surface area contributed by atoms with Crippen molar-refractivity contribution >= 4 is 5.91 Å². The predicted octanol–water partition coefficient (Wildman–Crippen LogP) is 0.402. The van der Waals surface area contributed by atoms with Crippen molar-refractivity contribution in [3.63, 3.8) is 0 Å². The van der Waals surface area contributed by atoms with Crippen LogP contribution in [0.25, 0.3) is 0 Å². The Morgan fingerprint density at radius 3 is 2.67 bits per heavy atom. The molecule has 1 aromatic rings. The number of aliphatic hydroxyl groups excluding tert-OH is 1. The van der Waals surface area contributed by atoms with Crippen molar-refractivity contribution in [1.82, 2.24) is 4.90 Å². The van der Waals surface area contributed by atoms with Crippen molar-refractivity contribution in [2.24, 2.45) is 0 Å². The molecule has 1 aromatic carbocycles. The van der Waals surface area contributed by atoms with E-state index in [4.69, 9.17) is 9.84 Å². The highest BCUT2D eigenvalue weighted by molar-refractivity contribution is 5.79. The van der Waals surface area contributed by atoms with Gasteiger partial charge >= 0.3 is 0 Å². The van der Waals surface area contributed by atoms with Gasteiger partial charge in [0.25, 0.3) is 0 Å². The Labute approximate surface area is 107 Å². The Hall–Kier alpha value is -1.59. The minimum absolute atomic E-state index is 0.0871. The number of benzene rings is 1. The van der Waals surface area contributed by atoms with Crippen LogP contribution in [0.4, 0.5) is 0 Å². The third kappa shape index (κ3) is 4.35. The van der Waals surface area contributed by atoms with Crippen molar-refractivity contribution in [2.45, 2.75) is 6.42 Å². The zero-order valence-corrected chi connectivity index (χ0v) is 10.5. The third-order valence-corrected chi connectivity index (χ3v) is 2.62. The maximum absolute atomic E-state index is 12.0. The zero-order chi connectivity index (χ0) is 13.4. The van der Waals surface area contributed by atoms with Crippen LogP contribution in [0.3, 0.4) is 0 Å². The van der Waals surface area contributed by atoms with E-state index in [1.807, 2.05) is 0 Å². The summed E-state index contributed by atoms with van der Waals surface area (Å²) in [5, 5.41) is 18.5. The summed E-state index contributed by atoms with van der Waals surface area (Å²) in [6.45, 7) is 1.04. The molecule has 5 heteroatoms. The van der Waals surface area contributed by atoms with Crippen LogP contribution in [0.15, 0.2) is 24.3 Å². The lowest BCUT2D eigenvalue weighted by Crippen LogP contribution is -2.37. The minimum Gasteiger partial charge on any atom is -0.508 e. The van der Waals surface area contributed by atoms with Gasteiger partial charge in [-0.05, 0) is 6.07 Å². The van der Waals surface area contributed by atoms with E-state index in [1.54, 1.807) is 31.4 Å². The van der Waals surface area contributed by atoms with Crippen LogP contribution in [0.2, 0.25) is 0 Å². The first kappa shape index (κ1) is 14.5. The minimum atomic E-state index is -0.136. The van der Waals surface area contributed by atoms with Crippen LogP contribution in [0.5, 0.6) is 5.75 Å². The van der Waals surface area contributed by atoms with E-state index in [1.165, 1.54) is 4.90 Å². The van der Waals surface area contributed by atoms with Gasteiger partial charge in [-0.2, -0.15) is 0 Å². The number of para-hydroxylation sites is 1. The second kappa shape index (κ2) is 7.68. The number of hydrogen-bond acceptors (Lipinski definition) is 4. The van der Waals surface area contributed by atoms with E-state index < -0.39 is 0 Å². The number of aliphatic hydroxyl groups is 1. The molecule has 0 radical (unpaired) electrons. The average molecular weight is 253 g/mol. The highest BCUT2D eigenvalue weighted by Gasteiger charge is 2.14. The number of ether oxygens (including phenoxy) is 1. The average Bonchev–Trinajstić information content (AvgIpc) is 2.37.